The zero-order chi connectivity index (χ0) is 20.4. The highest BCUT2D eigenvalue weighted by Crippen LogP contribution is 2.26. The first kappa shape index (κ1) is 18.8. The number of nitrogens with zero attached hydrogens (tertiary/aromatic N) is 4. The van der Waals surface area contributed by atoms with Crippen molar-refractivity contribution in [2.24, 2.45) is 10.2 Å². The SMILES string of the molecule is COc1ccc(-c2csc(-n3[nH]c(C)c(N=Nc4ccc(C)cc4)c3=O)n2)cc1. The van der Waals surface area contributed by atoms with Gasteiger partial charge in [0, 0.05) is 10.9 Å². The number of hydrogen-bond donors (Lipinski definition) is 1. The molecule has 0 saturated heterocycles. The zero-order valence-electron chi connectivity index (χ0n) is 16.2. The van der Waals surface area contributed by atoms with Gasteiger partial charge in [0.2, 0.25) is 5.13 Å². The minimum atomic E-state index is -0.283. The van der Waals surface area contributed by atoms with E-state index in [1.165, 1.54) is 16.0 Å². The van der Waals surface area contributed by atoms with Gasteiger partial charge in [0.25, 0.3) is 0 Å². The summed E-state index contributed by atoms with van der Waals surface area (Å²) in [6.07, 6.45) is 0. The molecule has 0 spiro atoms. The lowest BCUT2D eigenvalue weighted by molar-refractivity contribution is 0.415. The van der Waals surface area contributed by atoms with Crippen LogP contribution in [0.15, 0.2) is 68.9 Å². The van der Waals surface area contributed by atoms with Crippen molar-refractivity contribution in [1.29, 1.82) is 0 Å². The van der Waals surface area contributed by atoms with Crippen LogP contribution in [0.25, 0.3) is 16.4 Å². The predicted molar refractivity (Wildman–Crippen MR) is 114 cm³/mol. The van der Waals surface area contributed by atoms with E-state index in [1.54, 1.807) is 14.0 Å². The first-order valence-corrected chi connectivity index (χ1v) is 9.83. The normalized spacial score (nSPS) is 11.3. The number of rotatable bonds is 5. The van der Waals surface area contributed by atoms with Crippen LogP contribution >= 0.6 is 11.3 Å². The molecule has 29 heavy (non-hydrogen) atoms. The Kier molecular flexibility index (Phi) is 5.09. The molecule has 0 aliphatic carbocycles. The molecule has 0 amide bonds. The summed E-state index contributed by atoms with van der Waals surface area (Å²) in [4.78, 5) is 17.4. The molecule has 0 unspecified atom stereocenters. The van der Waals surface area contributed by atoms with Crippen molar-refractivity contribution in [3.8, 4) is 22.1 Å². The number of azo groups is 1. The topological polar surface area (TPSA) is 84.6 Å². The maximum Gasteiger partial charge on any atom is 0.301 e. The number of benzene rings is 2. The number of ether oxygens (including phenoxy) is 1. The third-order valence-electron chi connectivity index (χ3n) is 4.41. The molecule has 0 atom stereocenters. The third kappa shape index (κ3) is 3.88. The molecule has 7 nitrogen and oxygen atoms in total. The van der Waals surface area contributed by atoms with E-state index in [1.807, 2.05) is 60.8 Å². The molecule has 0 aliphatic heterocycles. The fraction of sp³-hybridized carbons (Fsp3) is 0.143. The average molecular weight is 405 g/mol. The molecule has 0 radical (unpaired) electrons. The molecule has 146 valence electrons. The van der Waals surface area contributed by atoms with Crippen molar-refractivity contribution < 1.29 is 4.74 Å². The lowest BCUT2D eigenvalue weighted by Gasteiger charge is -2.00. The molecule has 2 heterocycles. The highest BCUT2D eigenvalue weighted by atomic mass is 32.1. The molecule has 1 N–H and O–H groups in total. The van der Waals surface area contributed by atoms with Gasteiger partial charge in [-0.05, 0) is 50.2 Å². The Morgan fingerprint density at radius 2 is 1.76 bits per heavy atom. The van der Waals surface area contributed by atoms with Gasteiger partial charge < -0.3 is 4.74 Å². The summed E-state index contributed by atoms with van der Waals surface area (Å²) in [5.74, 6) is 0.781. The molecular formula is C21H19N5O2S. The predicted octanol–water partition coefficient (Wildman–Crippen LogP) is 5.33. The molecule has 0 aliphatic rings. The monoisotopic (exact) mass is 405 g/mol. The smallest absolute Gasteiger partial charge is 0.301 e. The Hall–Kier alpha value is -3.52. The Bertz CT molecular complexity index is 1220. The first-order chi connectivity index (χ1) is 14.0. The summed E-state index contributed by atoms with van der Waals surface area (Å²) in [5.41, 5.74) is 4.19. The molecule has 4 rings (SSSR count). The van der Waals surface area contributed by atoms with Crippen LogP contribution in [-0.4, -0.2) is 21.9 Å². The third-order valence-corrected chi connectivity index (χ3v) is 5.23. The van der Waals surface area contributed by atoms with Gasteiger partial charge in [-0.1, -0.05) is 17.7 Å². The molecule has 4 aromatic rings. The van der Waals surface area contributed by atoms with E-state index in [9.17, 15) is 4.79 Å². The summed E-state index contributed by atoms with van der Waals surface area (Å²) in [6, 6.07) is 15.2. The lowest BCUT2D eigenvalue weighted by Crippen LogP contribution is -2.13. The second-order valence-electron chi connectivity index (χ2n) is 6.51. The van der Waals surface area contributed by atoms with Gasteiger partial charge in [-0.15, -0.1) is 16.5 Å². The molecule has 2 aromatic carbocycles. The van der Waals surface area contributed by atoms with Crippen LogP contribution in [0.3, 0.4) is 0 Å². The second kappa shape index (κ2) is 7.84. The van der Waals surface area contributed by atoms with Crippen LogP contribution in [0.5, 0.6) is 5.75 Å². The number of nitrogens with one attached hydrogen (secondary N) is 1. The van der Waals surface area contributed by atoms with E-state index < -0.39 is 0 Å². The maximum absolute atomic E-state index is 12.8. The molecule has 0 saturated carbocycles. The number of thiazole rings is 1. The standard InChI is InChI=1S/C21H19N5O2S/c1-13-4-8-16(9-5-13)23-24-19-14(2)25-26(20(19)27)21-22-18(12-29-21)15-6-10-17(28-3)11-7-15/h4-12,25H,1-3H3. The number of aryl methyl sites for hydroxylation is 2. The number of aromatic amines is 1. The van der Waals surface area contributed by atoms with Crippen molar-refractivity contribution in [3.05, 3.63) is 75.5 Å². The summed E-state index contributed by atoms with van der Waals surface area (Å²) >= 11 is 1.38. The molecule has 2 aromatic heterocycles. The van der Waals surface area contributed by atoms with E-state index in [0.717, 1.165) is 22.6 Å². The minimum absolute atomic E-state index is 0.270. The number of H-pyrrole nitrogens is 1. The van der Waals surface area contributed by atoms with Gasteiger partial charge in [-0.3, -0.25) is 9.89 Å². The van der Waals surface area contributed by atoms with Crippen LogP contribution in [0, 0.1) is 13.8 Å². The summed E-state index contributed by atoms with van der Waals surface area (Å²) in [5, 5.41) is 13.8. The highest BCUT2D eigenvalue weighted by Gasteiger charge is 2.15. The summed E-state index contributed by atoms with van der Waals surface area (Å²) < 4.78 is 6.58. The second-order valence-corrected chi connectivity index (χ2v) is 7.34. The summed E-state index contributed by atoms with van der Waals surface area (Å²) in [7, 11) is 1.63. The van der Waals surface area contributed by atoms with Crippen molar-refractivity contribution in [2.45, 2.75) is 13.8 Å². The number of methoxy groups -OCH3 is 1. The average Bonchev–Trinajstić information content (AvgIpc) is 3.33. The highest BCUT2D eigenvalue weighted by molar-refractivity contribution is 7.12. The minimum Gasteiger partial charge on any atom is -0.497 e. The van der Waals surface area contributed by atoms with Crippen LogP contribution in [-0.2, 0) is 0 Å². The van der Waals surface area contributed by atoms with E-state index in [2.05, 4.69) is 20.3 Å². The van der Waals surface area contributed by atoms with Gasteiger partial charge >= 0.3 is 5.56 Å². The van der Waals surface area contributed by atoms with Gasteiger partial charge in [-0.25, -0.2) is 4.98 Å². The molecule has 8 heteroatoms. The molecule has 0 fully saturated rings. The van der Waals surface area contributed by atoms with Gasteiger partial charge in [0.15, 0.2) is 5.69 Å². The fourth-order valence-electron chi connectivity index (χ4n) is 2.77. The lowest BCUT2D eigenvalue weighted by atomic mass is 10.2. The van der Waals surface area contributed by atoms with Crippen LogP contribution in [0.1, 0.15) is 11.3 Å². The van der Waals surface area contributed by atoms with E-state index in [0.29, 0.717) is 16.5 Å². The Balaban J connectivity index is 1.63. The molecule has 0 bridgehead atoms. The first-order valence-electron chi connectivity index (χ1n) is 8.95. The van der Waals surface area contributed by atoms with Gasteiger partial charge in [0.05, 0.1) is 24.2 Å². The van der Waals surface area contributed by atoms with Crippen molar-refractivity contribution >= 4 is 22.7 Å². The van der Waals surface area contributed by atoms with Crippen molar-refractivity contribution in [3.63, 3.8) is 0 Å². The summed E-state index contributed by atoms with van der Waals surface area (Å²) in [6.45, 7) is 3.80. The van der Waals surface area contributed by atoms with Crippen LogP contribution in [0.2, 0.25) is 0 Å². The van der Waals surface area contributed by atoms with Gasteiger partial charge in [-0.2, -0.15) is 9.80 Å². The van der Waals surface area contributed by atoms with E-state index in [-0.39, 0.29) is 11.2 Å². The maximum atomic E-state index is 12.8. The quantitative estimate of drug-likeness (QED) is 0.455. The number of aromatic nitrogens is 3. The van der Waals surface area contributed by atoms with Crippen LogP contribution in [0.4, 0.5) is 11.4 Å². The Morgan fingerprint density at radius 3 is 2.45 bits per heavy atom. The Labute approximate surface area is 171 Å². The fourth-order valence-corrected chi connectivity index (χ4v) is 3.56. The zero-order valence-corrected chi connectivity index (χ0v) is 17.0. The largest absolute Gasteiger partial charge is 0.497 e. The van der Waals surface area contributed by atoms with E-state index in [4.69, 9.17) is 4.74 Å². The number of hydrogen-bond acceptors (Lipinski definition) is 6. The van der Waals surface area contributed by atoms with E-state index >= 15 is 0 Å². The van der Waals surface area contributed by atoms with Crippen molar-refractivity contribution in [2.75, 3.05) is 7.11 Å². The Morgan fingerprint density at radius 1 is 1.03 bits per heavy atom. The molecular weight excluding hydrogens is 386 g/mol. The van der Waals surface area contributed by atoms with Crippen molar-refractivity contribution in [1.82, 2.24) is 14.8 Å². The van der Waals surface area contributed by atoms with Gasteiger partial charge in [0.1, 0.15) is 5.75 Å². The van der Waals surface area contributed by atoms with Crippen LogP contribution < -0.4 is 10.3 Å².